The van der Waals surface area contributed by atoms with Crippen LogP contribution in [0.5, 0.6) is 11.5 Å². The van der Waals surface area contributed by atoms with E-state index in [9.17, 15) is 5.11 Å². The van der Waals surface area contributed by atoms with Gasteiger partial charge in [-0.1, -0.05) is 31.4 Å². The fourth-order valence-electron chi connectivity index (χ4n) is 3.41. The molecule has 1 unspecified atom stereocenters. The monoisotopic (exact) mass is 332 g/mol. The van der Waals surface area contributed by atoms with Crippen molar-refractivity contribution in [3.8, 4) is 11.5 Å². The number of aromatic hydroxyl groups is 1. The zero-order valence-electron chi connectivity index (χ0n) is 15.4. The van der Waals surface area contributed by atoms with E-state index in [1.165, 1.54) is 18.4 Å². The van der Waals surface area contributed by atoms with Crippen molar-refractivity contribution in [3.63, 3.8) is 0 Å². The van der Waals surface area contributed by atoms with E-state index in [0.717, 1.165) is 49.0 Å². The van der Waals surface area contributed by atoms with Gasteiger partial charge in [0, 0.05) is 18.1 Å². The Bertz CT molecular complexity index is 548. The van der Waals surface area contributed by atoms with Crippen molar-refractivity contribution in [1.82, 2.24) is 0 Å². The minimum absolute atomic E-state index is 0.233. The molecule has 0 radical (unpaired) electrons. The van der Waals surface area contributed by atoms with Crippen molar-refractivity contribution in [1.29, 1.82) is 0 Å². The molecule has 0 aliphatic heterocycles. The first-order valence-corrected chi connectivity index (χ1v) is 9.39. The van der Waals surface area contributed by atoms with E-state index in [2.05, 4.69) is 26.0 Å². The lowest BCUT2D eigenvalue weighted by atomic mass is 9.84. The molecule has 0 bridgehead atoms. The molecule has 1 atom stereocenters. The van der Waals surface area contributed by atoms with Crippen LogP contribution < -0.4 is 4.74 Å². The number of phenolic OH excluding ortho intramolecular Hbond substituents is 1. The molecule has 24 heavy (non-hydrogen) atoms. The number of aryl methyl sites for hydroxylation is 1. The number of hydrogen-bond donors (Lipinski definition) is 1. The van der Waals surface area contributed by atoms with Gasteiger partial charge >= 0.3 is 0 Å². The second kappa shape index (κ2) is 9.73. The van der Waals surface area contributed by atoms with Crippen LogP contribution in [0.25, 0.3) is 0 Å². The Kier molecular flexibility index (Phi) is 7.64. The maximum Gasteiger partial charge on any atom is 0.189 e. The number of ether oxygens (including phenoxy) is 2. The maximum atomic E-state index is 10.7. The van der Waals surface area contributed by atoms with Gasteiger partial charge in [0.1, 0.15) is 11.5 Å². The molecule has 1 aliphatic carbocycles. The second-order valence-corrected chi connectivity index (χ2v) is 6.75. The van der Waals surface area contributed by atoms with E-state index in [-0.39, 0.29) is 12.7 Å². The van der Waals surface area contributed by atoms with Crippen molar-refractivity contribution >= 4 is 0 Å². The molecule has 0 spiro atoms. The number of benzene rings is 1. The molecular weight excluding hydrogens is 300 g/mol. The first kappa shape index (κ1) is 18.9. The Morgan fingerprint density at radius 2 is 2.04 bits per heavy atom. The van der Waals surface area contributed by atoms with Gasteiger partial charge in [0.2, 0.25) is 0 Å². The van der Waals surface area contributed by atoms with E-state index < -0.39 is 0 Å². The molecule has 3 nitrogen and oxygen atoms in total. The molecule has 0 aromatic heterocycles. The average Bonchev–Trinajstić information content (AvgIpc) is 2.55. The van der Waals surface area contributed by atoms with Crippen molar-refractivity contribution in [2.75, 3.05) is 13.4 Å². The highest BCUT2D eigenvalue weighted by atomic mass is 16.7. The highest BCUT2D eigenvalue weighted by molar-refractivity contribution is 5.51. The maximum absolute atomic E-state index is 10.7. The topological polar surface area (TPSA) is 38.7 Å². The molecule has 3 heteroatoms. The third-order valence-electron chi connectivity index (χ3n) is 4.69. The summed E-state index contributed by atoms with van der Waals surface area (Å²) in [7, 11) is 0. The summed E-state index contributed by atoms with van der Waals surface area (Å²) in [5, 5.41) is 10.7. The summed E-state index contributed by atoms with van der Waals surface area (Å²) < 4.78 is 11.2. The van der Waals surface area contributed by atoms with Crippen LogP contribution in [-0.2, 0) is 11.2 Å². The van der Waals surface area contributed by atoms with E-state index in [0.29, 0.717) is 12.4 Å². The molecule has 1 aliphatic rings. The number of rotatable bonds is 9. The fourth-order valence-corrected chi connectivity index (χ4v) is 3.41. The lowest BCUT2D eigenvalue weighted by Gasteiger charge is -2.24. The van der Waals surface area contributed by atoms with Crippen LogP contribution in [0, 0.1) is 0 Å². The van der Waals surface area contributed by atoms with Crippen molar-refractivity contribution < 1.29 is 14.6 Å². The molecule has 1 aromatic rings. The molecule has 1 N–H and O–H groups in total. The van der Waals surface area contributed by atoms with E-state index in [1.54, 1.807) is 0 Å². The lowest BCUT2D eigenvalue weighted by Crippen LogP contribution is -2.09. The van der Waals surface area contributed by atoms with Crippen LogP contribution in [0.15, 0.2) is 23.8 Å². The minimum Gasteiger partial charge on any atom is -0.507 e. The standard InChI is InChI=1S/C21H32O3/c1-4-6-7-10-17-13-19(22)21(18-11-8-9-16(3)12-18)20(14-17)24-15-23-5-2/h12-14,18,22H,4-11,15H2,1-3H3. The predicted octanol–water partition coefficient (Wildman–Crippen LogP) is 5.71. The Morgan fingerprint density at radius 1 is 1.21 bits per heavy atom. The molecule has 0 saturated heterocycles. The average molecular weight is 332 g/mol. The van der Waals surface area contributed by atoms with Gasteiger partial charge in [-0.2, -0.15) is 0 Å². The van der Waals surface area contributed by atoms with Crippen LogP contribution in [-0.4, -0.2) is 18.5 Å². The fraction of sp³-hybridized carbons (Fsp3) is 0.619. The summed E-state index contributed by atoms with van der Waals surface area (Å²) in [6, 6.07) is 4.03. The summed E-state index contributed by atoms with van der Waals surface area (Å²) in [5.74, 6) is 1.39. The second-order valence-electron chi connectivity index (χ2n) is 6.75. The van der Waals surface area contributed by atoms with Gasteiger partial charge in [0.05, 0.1) is 0 Å². The molecule has 0 amide bonds. The quantitative estimate of drug-likeness (QED) is 0.357. The van der Waals surface area contributed by atoms with Gasteiger partial charge in [0.15, 0.2) is 6.79 Å². The third kappa shape index (κ3) is 5.27. The molecule has 0 fully saturated rings. The molecule has 0 heterocycles. The van der Waals surface area contributed by atoms with Crippen LogP contribution in [0.1, 0.15) is 76.3 Å². The van der Waals surface area contributed by atoms with Crippen molar-refractivity contribution in [3.05, 3.63) is 34.9 Å². The summed E-state index contributed by atoms with van der Waals surface area (Å²) in [6.07, 6.45) is 10.2. The van der Waals surface area contributed by atoms with Gasteiger partial charge in [-0.25, -0.2) is 0 Å². The number of hydrogen-bond acceptors (Lipinski definition) is 3. The smallest absolute Gasteiger partial charge is 0.189 e. The summed E-state index contributed by atoms with van der Waals surface area (Å²) >= 11 is 0. The Labute approximate surface area is 146 Å². The van der Waals surface area contributed by atoms with Crippen LogP contribution in [0.3, 0.4) is 0 Å². The number of phenols is 1. The van der Waals surface area contributed by atoms with Gasteiger partial charge in [-0.15, -0.1) is 0 Å². The van der Waals surface area contributed by atoms with Gasteiger partial charge < -0.3 is 14.6 Å². The van der Waals surface area contributed by atoms with Gasteiger partial charge in [-0.05, 0) is 63.6 Å². The first-order valence-electron chi connectivity index (χ1n) is 9.39. The normalized spacial score (nSPS) is 17.6. The highest BCUT2D eigenvalue weighted by Gasteiger charge is 2.22. The zero-order chi connectivity index (χ0) is 17.4. The third-order valence-corrected chi connectivity index (χ3v) is 4.69. The summed E-state index contributed by atoms with van der Waals surface area (Å²) in [5.41, 5.74) is 3.47. The predicted molar refractivity (Wildman–Crippen MR) is 98.8 cm³/mol. The summed E-state index contributed by atoms with van der Waals surface area (Å²) in [4.78, 5) is 0. The molecule has 0 saturated carbocycles. The number of allylic oxidation sites excluding steroid dienone is 2. The largest absolute Gasteiger partial charge is 0.507 e. The Balaban J connectivity index is 2.27. The van der Waals surface area contributed by atoms with Crippen molar-refractivity contribution in [2.24, 2.45) is 0 Å². The minimum atomic E-state index is 0.233. The molecule has 2 rings (SSSR count). The van der Waals surface area contributed by atoms with Crippen molar-refractivity contribution in [2.45, 2.75) is 71.6 Å². The molecule has 134 valence electrons. The Hall–Kier alpha value is -1.48. The molecule has 1 aromatic carbocycles. The van der Waals surface area contributed by atoms with E-state index in [1.807, 2.05) is 13.0 Å². The van der Waals surface area contributed by atoms with Gasteiger partial charge in [0.25, 0.3) is 0 Å². The molecular formula is C21H32O3. The zero-order valence-corrected chi connectivity index (χ0v) is 15.4. The van der Waals surface area contributed by atoms with Gasteiger partial charge in [-0.3, -0.25) is 0 Å². The van der Waals surface area contributed by atoms with Crippen LogP contribution in [0.4, 0.5) is 0 Å². The summed E-state index contributed by atoms with van der Waals surface area (Å²) in [6.45, 7) is 7.19. The Morgan fingerprint density at radius 3 is 2.75 bits per heavy atom. The number of unbranched alkanes of at least 4 members (excludes halogenated alkanes) is 2. The van der Waals surface area contributed by atoms with Crippen LogP contribution in [0.2, 0.25) is 0 Å². The van der Waals surface area contributed by atoms with Crippen LogP contribution >= 0.6 is 0 Å². The lowest BCUT2D eigenvalue weighted by molar-refractivity contribution is 0.0215. The SMILES string of the molecule is CCCCCc1cc(O)c(C2C=C(C)CCC2)c(OCOCC)c1. The van der Waals surface area contributed by atoms with E-state index in [4.69, 9.17) is 9.47 Å². The highest BCUT2D eigenvalue weighted by Crippen LogP contribution is 2.42. The first-order chi connectivity index (χ1) is 11.7. The van der Waals surface area contributed by atoms with E-state index >= 15 is 0 Å².